The van der Waals surface area contributed by atoms with E-state index < -0.39 is 0 Å². The lowest BCUT2D eigenvalue weighted by Gasteiger charge is -2.00. The molecular weight excluding hydrogens is 282 g/mol. The van der Waals surface area contributed by atoms with Crippen molar-refractivity contribution in [3.05, 3.63) is 48.5 Å². The zero-order valence-corrected chi connectivity index (χ0v) is 13.1. The third kappa shape index (κ3) is 7.27. The number of anilines is 3. The molecule has 0 spiro atoms. The first-order valence-electron chi connectivity index (χ1n) is 6.62. The molecule has 4 nitrogen and oxygen atoms in total. The highest BCUT2D eigenvalue weighted by Crippen LogP contribution is 2.17. The first kappa shape index (κ1) is 16.9. The predicted octanol–water partition coefficient (Wildman–Crippen LogP) is 3.61. The van der Waals surface area contributed by atoms with Crippen molar-refractivity contribution in [3.63, 3.8) is 0 Å². The van der Waals surface area contributed by atoms with Crippen LogP contribution in [0.1, 0.15) is 13.8 Å². The van der Waals surface area contributed by atoms with Crippen molar-refractivity contribution >= 4 is 34.7 Å². The fourth-order valence-corrected chi connectivity index (χ4v) is 2.16. The number of nitrogens with two attached hydrogens (primary N) is 2. The Morgan fingerprint density at radius 3 is 1.90 bits per heavy atom. The molecule has 2 aromatic carbocycles. The molecule has 5 N–H and O–H groups in total. The molecule has 0 aromatic heterocycles. The van der Waals surface area contributed by atoms with Gasteiger partial charge in [0.15, 0.2) is 0 Å². The van der Waals surface area contributed by atoms with Gasteiger partial charge in [0.05, 0.1) is 0 Å². The summed E-state index contributed by atoms with van der Waals surface area (Å²) in [6.45, 7) is 3.61. The lowest BCUT2D eigenvalue weighted by molar-refractivity contribution is -0.114. The van der Waals surface area contributed by atoms with Gasteiger partial charge in [-0.25, -0.2) is 0 Å². The molecule has 2 aromatic rings. The van der Waals surface area contributed by atoms with Crippen molar-refractivity contribution < 1.29 is 4.79 Å². The first-order valence-corrected chi connectivity index (χ1v) is 7.61. The minimum Gasteiger partial charge on any atom is -0.399 e. The molecule has 0 saturated carbocycles. The van der Waals surface area contributed by atoms with Crippen molar-refractivity contribution in [3.8, 4) is 0 Å². The summed E-state index contributed by atoms with van der Waals surface area (Å²) in [6.07, 6.45) is 0. The molecular formula is C16H21N3OS. The summed E-state index contributed by atoms with van der Waals surface area (Å²) in [5, 5.41) is 2.64. The number of hydrogen-bond donors (Lipinski definition) is 3. The van der Waals surface area contributed by atoms with Crippen LogP contribution in [0.2, 0.25) is 0 Å². The molecule has 2 rings (SSSR count). The van der Waals surface area contributed by atoms with E-state index in [-0.39, 0.29) is 5.91 Å². The Morgan fingerprint density at radius 2 is 1.48 bits per heavy atom. The van der Waals surface area contributed by atoms with Crippen molar-refractivity contribution in [1.82, 2.24) is 0 Å². The molecule has 0 aliphatic rings. The summed E-state index contributed by atoms with van der Waals surface area (Å²) in [6, 6.07) is 15.0. The number of benzene rings is 2. The first-order chi connectivity index (χ1) is 10.0. The van der Waals surface area contributed by atoms with E-state index in [0.717, 1.165) is 17.1 Å². The Labute approximate surface area is 129 Å². The highest BCUT2D eigenvalue weighted by Gasteiger charge is 1.92. The topological polar surface area (TPSA) is 81.1 Å². The van der Waals surface area contributed by atoms with Gasteiger partial charge in [-0.05, 0) is 54.3 Å². The zero-order valence-electron chi connectivity index (χ0n) is 12.3. The van der Waals surface area contributed by atoms with Crippen LogP contribution in [-0.2, 0) is 4.79 Å². The standard InChI is InChI=1S/C8H10N2O.C8H11NS/c1-6(11)10-8-4-2-7(9)3-5-8;1-2-10-8-5-3-7(9)4-6-8/h2-5H,9H2,1H3,(H,10,11);3-6H,2,9H2,1H3. The van der Waals surface area contributed by atoms with Crippen LogP contribution in [0.4, 0.5) is 17.1 Å². The molecule has 1 amide bonds. The van der Waals surface area contributed by atoms with Crippen molar-refractivity contribution in [2.75, 3.05) is 22.5 Å². The second-order valence-electron chi connectivity index (χ2n) is 4.31. The van der Waals surface area contributed by atoms with Crippen LogP contribution >= 0.6 is 11.8 Å². The number of nitrogens with one attached hydrogen (secondary N) is 1. The van der Waals surface area contributed by atoms with Gasteiger partial charge in [-0.1, -0.05) is 6.92 Å². The summed E-state index contributed by atoms with van der Waals surface area (Å²) in [4.78, 5) is 11.8. The third-order valence-corrected chi connectivity index (χ3v) is 3.32. The molecule has 21 heavy (non-hydrogen) atoms. The molecule has 0 saturated heterocycles. The molecule has 112 valence electrons. The summed E-state index contributed by atoms with van der Waals surface area (Å²) >= 11 is 1.83. The second-order valence-corrected chi connectivity index (χ2v) is 5.64. The van der Waals surface area contributed by atoms with Crippen LogP contribution < -0.4 is 16.8 Å². The number of thioether (sulfide) groups is 1. The lowest BCUT2D eigenvalue weighted by atomic mass is 10.3. The van der Waals surface area contributed by atoms with Gasteiger partial charge >= 0.3 is 0 Å². The summed E-state index contributed by atoms with van der Waals surface area (Å²) in [5.41, 5.74) is 13.3. The highest BCUT2D eigenvalue weighted by atomic mass is 32.2. The van der Waals surface area contributed by atoms with Crippen molar-refractivity contribution in [2.24, 2.45) is 0 Å². The maximum atomic E-state index is 10.6. The van der Waals surface area contributed by atoms with Gasteiger partial charge < -0.3 is 16.8 Å². The van der Waals surface area contributed by atoms with Gasteiger partial charge in [0.2, 0.25) is 5.91 Å². The van der Waals surface area contributed by atoms with E-state index in [2.05, 4.69) is 12.2 Å². The molecule has 0 aliphatic heterocycles. The Balaban J connectivity index is 0.000000211. The maximum Gasteiger partial charge on any atom is 0.221 e. The zero-order chi connectivity index (χ0) is 15.7. The van der Waals surface area contributed by atoms with Crippen LogP contribution in [0.3, 0.4) is 0 Å². The quantitative estimate of drug-likeness (QED) is 0.597. The predicted molar refractivity (Wildman–Crippen MR) is 92.4 cm³/mol. The summed E-state index contributed by atoms with van der Waals surface area (Å²) in [5.74, 6) is 1.04. The Hall–Kier alpha value is -2.14. The summed E-state index contributed by atoms with van der Waals surface area (Å²) < 4.78 is 0. The molecule has 0 fully saturated rings. The molecule has 0 aliphatic carbocycles. The highest BCUT2D eigenvalue weighted by molar-refractivity contribution is 7.99. The molecule has 0 atom stereocenters. The molecule has 0 unspecified atom stereocenters. The average molecular weight is 303 g/mol. The largest absolute Gasteiger partial charge is 0.399 e. The van der Waals surface area contributed by atoms with Crippen LogP contribution in [0.25, 0.3) is 0 Å². The van der Waals surface area contributed by atoms with Crippen LogP contribution in [0.5, 0.6) is 0 Å². The lowest BCUT2D eigenvalue weighted by Crippen LogP contribution is -2.05. The fourth-order valence-electron chi connectivity index (χ4n) is 1.50. The van der Waals surface area contributed by atoms with E-state index in [0.29, 0.717) is 5.69 Å². The van der Waals surface area contributed by atoms with E-state index in [4.69, 9.17) is 11.5 Å². The minimum atomic E-state index is -0.0743. The fraction of sp³-hybridized carbons (Fsp3) is 0.188. The van der Waals surface area contributed by atoms with Crippen LogP contribution in [0.15, 0.2) is 53.4 Å². The third-order valence-electron chi connectivity index (χ3n) is 2.42. The normalized spacial score (nSPS) is 9.43. The molecule has 0 bridgehead atoms. The maximum absolute atomic E-state index is 10.6. The summed E-state index contributed by atoms with van der Waals surface area (Å²) in [7, 11) is 0. The van der Waals surface area contributed by atoms with E-state index in [1.54, 1.807) is 24.3 Å². The van der Waals surface area contributed by atoms with E-state index >= 15 is 0 Å². The number of amides is 1. The van der Waals surface area contributed by atoms with Crippen molar-refractivity contribution in [1.29, 1.82) is 0 Å². The average Bonchev–Trinajstić information content (AvgIpc) is 2.44. The second kappa shape index (κ2) is 8.92. The van der Waals surface area contributed by atoms with Crippen LogP contribution in [-0.4, -0.2) is 11.7 Å². The number of carbonyl (C=O) groups excluding carboxylic acids is 1. The van der Waals surface area contributed by atoms with Crippen molar-refractivity contribution in [2.45, 2.75) is 18.7 Å². The minimum absolute atomic E-state index is 0.0743. The molecule has 0 heterocycles. The van der Waals surface area contributed by atoms with E-state index in [1.807, 2.05) is 36.0 Å². The van der Waals surface area contributed by atoms with Gasteiger partial charge in [-0.15, -0.1) is 11.8 Å². The van der Waals surface area contributed by atoms with E-state index in [1.165, 1.54) is 11.8 Å². The number of rotatable bonds is 3. The monoisotopic (exact) mass is 303 g/mol. The van der Waals surface area contributed by atoms with Gasteiger partial charge in [0, 0.05) is 28.9 Å². The Bertz CT molecular complexity index is 553. The Kier molecular flexibility index (Phi) is 7.18. The van der Waals surface area contributed by atoms with Gasteiger partial charge in [0.1, 0.15) is 0 Å². The SMILES string of the molecule is CC(=O)Nc1ccc(N)cc1.CCSc1ccc(N)cc1. The van der Waals surface area contributed by atoms with Gasteiger partial charge in [0.25, 0.3) is 0 Å². The molecule has 0 radical (unpaired) electrons. The van der Waals surface area contributed by atoms with Gasteiger partial charge in [-0.3, -0.25) is 4.79 Å². The Morgan fingerprint density at radius 1 is 1.00 bits per heavy atom. The number of nitrogen functional groups attached to an aromatic ring is 2. The number of hydrogen-bond acceptors (Lipinski definition) is 4. The molecule has 5 heteroatoms. The number of carbonyl (C=O) groups is 1. The van der Waals surface area contributed by atoms with Crippen LogP contribution in [0, 0.1) is 0 Å². The van der Waals surface area contributed by atoms with Gasteiger partial charge in [-0.2, -0.15) is 0 Å². The smallest absolute Gasteiger partial charge is 0.221 e. The van der Waals surface area contributed by atoms with E-state index in [9.17, 15) is 4.79 Å².